The number of fused-ring (bicyclic) bond motifs is 1. The molecule has 1 amide bonds. The summed E-state index contributed by atoms with van der Waals surface area (Å²) in [5.74, 6) is 0.883. The second-order valence-electron chi connectivity index (χ2n) is 5.02. The lowest BCUT2D eigenvalue weighted by Crippen LogP contribution is -2.35. The third-order valence-electron chi connectivity index (χ3n) is 3.58. The number of carbonyl (C=O) groups excluding carboxylic acids is 1. The topological polar surface area (TPSA) is 46.3 Å². The molecule has 1 aliphatic rings. The van der Waals surface area contributed by atoms with Crippen molar-refractivity contribution in [3.8, 4) is 0 Å². The predicted molar refractivity (Wildman–Crippen MR) is 70.9 cm³/mol. The number of hydrogen-bond donors (Lipinski definition) is 0. The molecule has 2 aromatic rings. The molecule has 1 aliphatic heterocycles. The Kier molecular flexibility index (Phi) is 2.85. The number of nitrogens with zero attached hydrogens (tertiary/aromatic N) is 2. The summed E-state index contributed by atoms with van der Waals surface area (Å²) in [4.78, 5) is 14.3. The van der Waals surface area contributed by atoms with Crippen LogP contribution in [0.2, 0.25) is 0 Å². The fourth-order valence-corrected chi connectivity index (χ4v) is 2.51. The van der Waals surface area contributed by atoms with E-state index in [1.54, 1.807) is 0 Å². The highest BCUT2D eigenvalue weighted by Gasteiger charge is 2.26. The number of hydrogen-bond acceptors (Lipinski definition) is 3. The van der Waals surface area contributed by atoms with Gasteiger partial charge in [0.1, 0.15) is 0 Å². The van der Waals surface area contributed by atoms with Crippen molar-refractivity contribution in [1.29, 1.82) is 0 Å². The first-order valence-corrected chi connectivity index (χ1v) is 6.45. The molecule has 4 heteroatoms. The van der Waals surface area contributed by atoms with Crippen molar-refractivity contribution in [1.82, 2.24) is 10.1 Å². The normalized spacial score (nSPS) is 14.3. The maximum Gasteiger partial charge on any atom is 0.254 e. The van der Waals surface area contributed by atoms with E-state index in [0.717, 1.165) is 41.1 Å². The molecule has 98 valence electrons. The highest BCUT2D eigenvalue weighted by molar-refractivity contribution is 5.94. The second kappa shape index (κ2) is 4.53. The van der Waals surface area contributed by atoms with Gasteiger partial charge in [0.05, 0.1) is 12.2 Å². The van der Waals surface area contributed by atoms with Gasteiger partial charge in [0, 0.05) is 17.7 Å². The van der Waals surface area contributed by atoms with Crippen LogP contribution in [0, 0.1) is 13.8 Å². The van der Waals surface area contributed by atoms with Gasteiger partial charge < -0.3 is 9.42 Å². The van der Waals surface area contributed by atoms with Crippen LogP contribution in [-0.4, -0.2) is 22.5 Å². The van der Waals surface area contributed by atoms with Gasteiger partial charge in [0.25, 0.3) is 5.91 Å². The summed E-state index contributed by atoms with van der Waals surface area (Å²) >= 11 is 0. The molecule has 0 N–H and O–H groups in total. The monoisotopic (exact) mass is 256 g/mol. The van der Waals surface area contributed by atoms with Crippen LogP contribution in [0.25, 0.3) is 0 Å². The summed E-state index contributed by atoms with van der Waals surface area (Å²) in [7, 11) is 0. The summed E-state index contributed by atoms with van der Waals surface area (Å²) in [5.41, 5.74) is 3.93. The van der Waals surface area contributed by atoms with Crippen molar-refractivity contribution in [3.63, 3.8) is 0 Å². The summed E-state index contributed by atoms with van der Waals surface area (Å²) in [5, 5.41) is 3.97. The molecule has 19 heavy (non-hydrogen) atoms. The van der Waals surface area contributed by atoms with Crippen LogP contribution < -0.4 is 0 Å². The maximum atomic E-state index is 12.4. The lowest BCUT2D eigenvalue weighted by Gasteiger charge is -2.25. The third kappa shape index (κ3) is 2.14. The molecule has 0 bridgehead atoms. The molecule has 0 radical (unpaired) electrons. The van der Waals surface area contributed by atoms with E-state index in [4.69, 9.17) is 4.52 Å². The maximum absolute atomic E-state index is 12.4. The van der Waals surface area contributed by atoms with Crippen LogP contribution in [0.1, 0.15) is 32.9 Å². The van der Waals surface area contributed by atoms with Gasteiger partial charge in [-0.15, -0.1) is 0 Å². The SMILES string of the molecule is Cc1cccc(C(=O)N2CCc3c(C)noc3C2)c1. The molecule has 0 aliphatic carbocycles. The minimum Gasteiger partial charge on any atom is -0.359 e. The van der Waals surface area contributed by atoms with Crippen LogP contribution in [-0.2, 0) is 13.0 Å². The smallest absolute Gasteiger partial charge is 0.254 e. The Bertz CT molecular complexity index is 631. The van der Waals surface area contributed by atoms with E-state index in [1.807, 2.05) is 43.0 Å². The van der Waals surface area contributed by atoms with Gasteiger partial charge in [-0.2, -0.15) is 0 Å². The highest BCUT2D eigenvalue weighted by atomic mass is 16.5. The first-order chi connectivity index (χ1) is 9.15. The van der Waals surface area contributed by atoms with E-state index in [-0.39, 0.29) is 5.91 Å². The largest absolute Gasteiger partial charge is 0.359 e. The van der Waals surface area contributed by atoms with Crippen molar-refractivity contribution < 1.29 is 9.32 Å². The first kappa shape index (κ1) is 12.0. The predicted octanol–water partition coefficient (Wildman–Crippen LogP) is 2.49. The molecule has 0 unspecified atom stereocenters. The van der Waals surface area contributed by atoms with Crippen molar-refractivity contribution >= 4 is 5.91 Å². The zero-order valence-corrected chi connectivity index (χ0v) is 11.1. The van der Waals surface area contributed by atoms with Crippen LogP contribution in [0.5, 0.6) is 0 Å². The quantitative estimate of drug-likeness (QED) is 0.787. The van der Waals surface area contributed by atoms with Gasteiger partial charge in [-0.1, -0.05) is 22.9 Å². The summed E-state index contributed by atoms with van der Waals surface area (Å²) < 4.78 is 5.28. The number of aryl methyl sites for hydroxylation is 2. The molecule has 0 atom stereocenters. The van der Waals surface area contributed by atoms with Crippen molar-refractivity contribution in [2.45, 2.75) is 26.8 Å². The minimum atomic E-state index is 0.0587. The lowest BCUT2D eigenvalue weighted by atomic mass is 10.0. The molecule has 0 saturated heterocycles. The van der Waals surface area contributed by atoms with E-state index >= 15 is 0 Å². The summed E-state index contributed by atoms with van der Waals surface area (Å²) in [6, 6.07) is 7.68. The van der Waals surface area contributed by atoms with Gasteiger partial charge in [-0.3, -0.25) is 4.79 Å². The van der Waals surface area contributed by atoms with Crippen molar-refractivity contribution in [2.24, 2.45) is 0 Å². The van der Waals surface area contributed by atoms with E-state index < -0.39 is 0 Å². The van der Waals surface area contributed by atoms with Gasteiger partial charge in [-0.25, -0.2) is 0 Å². The minimum absolute atomic E-state index is 0.0587. The number of carbonyl (C=O) groups is 1. The molecule has 3 rings (SSSR count). The third-order valence-corrected chi connectivity index (χ3v) is 3.58. The Hall–Kier alpha value is -2.10. The molecular weight excluding hydrogens is 240 g/mol. The molecule has 0 fully saturated rings. The zero-order valence-electron chi connectivity index (χ0n) is 11.1. The zero-order chi connectivity index (χ0) is 13.4. The summed E-state index contributed by atoms with van der Waals surface area (Å²) in [6.07, 6.45) is 0.822. The van der Waals surface area contributed by atoms with Gasteiger partial charge in [0.2, 0.25) is 0 Å². The number of rotatable bonds is 1. The van der Waals surface area contributed by atoms with Crippen LogP contribution in [0.15, 0.2) is 28.8 Å². The van der Waals surface area contributed by atoms with Crippen molar-refractivity contribution in [2.75, 3.05) is 6.54 Å². The Morgan fingerprint density at radius 3 is 3.00 bits per heavy atom. The fourth-order valence-electron chi connectivity index (χ4n) is 2.51. The molecule has 1 aromatic heterocycles. The Morgan fingerprint density at radius 1 is 1.37 bits per heavy atom. The number of aromatic nitrogens is 1. The molecule has 0 saturated carbocycles. The van der Waals surface area contributed by atoms with Gasteiger partial charge in [-0.05, 0) is 32.4 Å². The molecule has 2 heterocycles. The lowest BCUT2D eigenvalue weighted by molar-refractivity contribution is 0.0716. The van der Waals surface area contributed by atoms with Crippen LogP contribution in [0.3, 0.4) is 0 Å². The fraction of sp³-hybridized carbons (Fsp3) is 0.333. The molecule has 4 nitrogen and oxygen atoms in total. The second-order valence-corrected chi connectivity index (χ2v) is 5.02. The standard InChI is InChI=1S/C15H16N2O2/c1-10-4-3-5-12(8-10)15(18)17-7-6-13-11(2)16-19-14(13)9-17/h3-5,8H,6-7,9H2,1-2H3. The molecule has 1 aromatic carbocycles. The Balaban J connectivity index is 1.83. The van der Waals surface area contributed by atoms with Gasteiger partial charge >= 0.3 is 0 Å². The first-order valence-electron chi connectivity index (χ1n) is 6.45. The highest BCUT2D eigenvalue weighted by Crippen LogP contribution is 2.23. The van der Waals surface area contributed by atoms with Gasteiger partial charge in [0.15, 0.2) is 5.76 Å². The van der Waals surface area contributed by atoms with Crippen molar-refractivity contribution in [3.05, 3.63) is 52.4 Å². The summed E-state index contributed by atoms with van der Waals surface area (Å²) in [6.45, 7) is 5.18. The van der Waals surface area contributed by atoms with Crippen LogP contribution in [0.4, 0.5) is 0 Å². The average molecular weight is 256 g/mol. The molecule has 0 spiro atoms. The van der Waals surface area contributed by atoms with E-state index in [9.17, 15) is 4.79 Å². The van der Waals surface area contributed by atoms with E-state index in [2.05, 4.69) is 5.16 Å². The average Bonchev–Trinajstić information content (AvgIpc) is 2.79. The van der Waals surface area contributed by atoms with E-state index in [0.29, 0.717) is 6.54 Å². The number of benzene rings is 1. The Labute approximate surface area is 112 Å². The molecular formula is C15H16N2O2. The number of amides is 1. The van der Waals surface area contributed by atoms with Crippen LogP contribution >= 0.6 is 0 Å². The van der Waals surface area contributed by atoms with E-state index in [1.165, 1.54) is 0 Å². The Morgan fingerprint density at radius 2 is 2.21 bits per heavy atom.